The number of thioether (sulfide) groups is 1. The van der Waals surface area contributed by atoms with Crippen molar-refractivity contribution < 1.29 is 9.53 Å². The minimum Gasteiger partial charge on any atom is -0.497 e. The highest BCUT2D eigenvalue weighted by Gasteiger charge is 2.15. The maximum atomic E-state index is 11.9. The first-order chi connectivity index (χ1) is 12.0. The van der Waals surface area contributed by atoms with Crippen molar-refractivity contribution in [1.82, 2.24) is 20.1 Å². The fourth-order valence-corrected chi connectivity index (χ4v) is 2.92. The molecule has 1 amide bonds. The Kier molecular flexibility index (Phi) is 7.06. The molecule has 0 aliphatic carbocycles. The van der Waals surface area contributed by atoms with Crippen LogP contribution in [0.2, 0.25) is 0 Å². The monoisotopic (exact) mass is 360 g/mol. The van der Waals surface area contributed by atoms with Gasteiger partial charge >= 0.3 is 0 Å². The van der Waals surface area contributed by atoms with Crippen molar-refractivity contribution in [3.63, 3.8) is 0 Å². The molecule has 0 atom stereocenters. The lowest BCUT2D eigenvalue weighted by Gasteiger charge is -2.09. The number of amides is 1. The number of hydrogen-bond acceptors (Lipinski definition) is 5. The zero-order chi connectivity index (χ0) is 18.2. The highest BCUT2D eigenvalue weighted by atomic mass is 32.2. The highest BCUT2D eigenvalue weighted by Crippen LogP contribution is 2.25. The molecule has 2 aromatic rings. The predicted octanol–water partition coefficient (Wildman–Crippen LogP) is 3.00. The number of rotatable bonds is 9. The van der Waals surface area contributed by atoms with Crippen molar-refractivity contribution in [2.45, 2.75) is 25.5 Å². The Bertz CT molecular complexity index is 710. The van der Waals surface area contributed by atoms with Gasteiger partial charge in [-0.1, -0.05) is 31.7 Å². The molecule has 0 aliphatic rings. The molecule has 0 fully saturated rings. The largest absolute Gasteiger partial charge is 0.497 e. The van der Waals surface area contributed by atoms with Crippen molar-refractivity contribution in [3.8, 4) is 17.1 Å². The number of allylic oxidation sites excluding steroid dienone is 1. The van der Waals surface area contributed by atoms with Crippen molar-refractivity contribution in [2.24, 2.45) is 5.92 Å². The van der Waals surface area contributed by atoms with E-state index in [-0.39, 0.29) is 5.91 Å². The molecular weight excluding hydrogens is 336 g/mol. The summed E-state index contributed by atoms with van der Waals surface area (Å²) in [6.45, 7) is 9.18. The number of carbonyl (C=O) groups is 1. The zero-order valence-electron chi connectivity index (χ0n) is 14.9. The fourth-order valence-electron chi connectivity index (χ4n) is 2.14. The van der Waals surface area contributed by atoms with E-state index in [1.807, 2.05) is 28.8 Å². The quantitative estimate of drug-likeness (QED) is 0.550. The Labute approximate surface area is 152 Å². The summed E-state index contributed by atoms with van der Waals surface area (Å²) >= 11 is 1.37. The molecule has 0 spiro atoms. The Balaban J connectivity index is 2.12. The smallest absolute Gasteiger partial charge is 0.230 e. The number of nitrogens with zero attached hydrogens (tertiary/aromatic N) is 3. The molecule has 7 heteroatoms. The van der Waals surface area contributed by atoms with Gasteiger partial charge in [0.1, 0.15) is 5.75 Å². The van der Waals surface area contributed by atoms with Crippen LogP contribution >= 0.6 is 11.8 Å². The summed E-state index contributed by atoms with van der Waals surface area (Å²) < 4.78 is 7.14. The van der Waals surface area contributed by atoms with Gasteiger partial charge in [0.25, 0.3) is 0 Å². The third-order valence-electron chi connectivity index (χ3n) is 3.42. The van der Waals surface area contributed by atoms with E-state index >= 15 is 0 Å². The topological polar surface area (TPSA) is 69.0 Å². The van der Waals surface area contributed by atoms with Gasteiger partial charge in [0.15, 0.2) is 11.0 Å². The SMILES string of the molecule is C=CCn1c(SCC(=O)NCC(C)C)nnc1-c1ccc(OC)cc1. The third kappa shape index (κ3) is 5.35. The number of ether oxygens (including phenoxy) is 1. The van der Waals surface area contributed by atoms with Crippen LogP contribution in [0.25, 0.3) is 11.4 Å². The molecular formula is C18H24N4O2S. The molecule has 1 heterocycles. The summed E-state index contributed by atoms with van der Waals surface area (Å²) in [6.07, 6.45) is 1.79. The average Bonchev–Trinajstić information content (AvgIpc) is 3.01. The zero-order valence-corrected chi connectivity index (χ0v) is 15.7. The van der Waals surface area contributed by atoms with Gasteiger partial charge in [0.05, 0.1) is 12.9 Å². The summed E-state index contributed by atoms with van der Waals surface area (Å²) in [5.41, 5.74) is 0.936. The van der Waals surface area contributed by atoms with Crippen LogP contribution in [-0.4, -0.2) is 40.1 Å². The van der Waals surface area contributed by atoms with E-state index in [1.165, 1.54) is 11.8 Å². The van der Waals surface area contributed by atoms with E-state index in [0.717, 1.165) is 17.1 Å². The number of hydrogen-bond donors (Lipinski definition) is 1. The molecule has 2 rings (SSSR count). The van der Waals surface area contributed by atoms with E-state index < -0.39 is 0 Å². The number of methoxy groups -OCH3 is 1. The second kappa shape index (κ2) is 9.27. The molecule has 0 aliphatic heterocycles. The van der Waals surface area contributed by atoms with Crippen LogP contribution in [-0.2, 0) is 11.3 Å². The first kappa shape index (κ1) is 19.1. The van der Waals surface area contributed by atoms with Crippen molar-refractivity contribution in [3.05, 3.63) is 36.9 Å². The van der Waals surface area contributed by atoms with Gasteiger partial charge in [0, 0.05) is 18.7 Å². The van der Waals surface area contributed by atoms with E-state index in [2.05, 4.69) is 35.9 Å². The number of nitrogens with one attached hydrogen (secondary N) is 1. The summed E-state index contributed by atoms with van der Waals surface area (Å²) in [5, 5.41) is 12.1. The first-order valence-corrected chi connectivity index (χ1v) is 9.11. The summed E-state index contributed by atoms with van der Waals surface area (Å²) in [5.74, 6) is 2.27. The summed E-state index contributed by atoms with van der Waals surface area (Å²) in [7, 11) is 1.63. The Morgan fingerprint density at radius 2 is 2.08 bits per heavy atom. The van der Waals surface area contributed by atoms with Crippen LogP contribution in [0, 0.1) is 5.92 Å². The maximum absolute atomic E-state index is 11.9. The van der Waals surface area contributed by atoms with Crippen LogP contribution in [0.4, 0.5) is 0 Å². The third-order valence-corrected chi connectivity index (χ3v) is 4.38. The van der Waals surface area contributed by atoms with E-state index in [0.29, 0.717) is 29.9 Å². The number of carbonyl (C=O) groups excluding carboxylic acids is 1. The van der Waals surface area contributed by atoms with Crippen molar-refractivity contribution in [2.75, 3.05) is 19.4 Å². The molecule has 25 heavy (non-hydrogen) atoms. The second-order valence-electron chi connectivity index (χ2n) is 5.92. The van der Waals surface area contributed by atoms with E-state index in [1.54, 1.807) is 13.2 Å². The molecule has 6 nitrogen and oxygen atoms in total. The highest BCUT2D eigenvalue weighted by molar-refractivity contribution is 7.99. The number of benzene rings is 1. The second-order valence-corrected chi connectivity index (χ2v) is 6.86. The van der Waals surface area contributed by atoms with Gasteiger partial charge in [-0.2, -0.15) is 0 Å². The van der Waals surface area contributed by atoms with Crippen LogP contribution in [0.1, 0.15) is 13.8 Å². The van der Waals surface area contributed by atoms with Gasteiger partial charge in [-0.3, -0.25) is 9.36 Å². The summed E-state index contributed by atoms with van der Waals surface area (Å²) in [6, 6.07) is 7.64. The van der Waals surface area contributed by atoms with E-state index in [4.69, 9.17) is 4.74 Å². The van der Waals surface area contributed by atoms with Crippen LogP contribution < -0.4 is 10.1 Å². The molecule has 134 valence electrons. The van der Waals surface area contributed by atoms with Gasteiger partial charge in [-0.25, -0.2) is 0 Å². The molecule has 1 aromatic heterocycles. The Morgan fingerprint density at radius 3 is 2.68 bits per heavy atom. The normalized spacial score (nSPS) is 10.7. The van der Waals surface area contributed by atoms with Crippen molar-refractivity contribution >= 4 is 17.7 Å². The molecule has 0 radical (unpaired) electrons. The lowest BCUT2D eigenvalue weighted by molar-refractivity contribution is -0.118. The standard InChI is InChI=1S/C18H24N4O2S/c1-5-10-22-17(14-6-8-15(24-4)9-7-14)20-21-18(22)25-12-16(23)19-11-13(2)3/h5-9,13H,1,10-12H2,2-4H3,(H,19,23). The fraction of sp³-hybridized carbons (Fsp3) is 0.389. The minimum atomic E-state index is -0.00199. The Hall–Kier alpha value is -2.28. The Morgan fingerprint density at radius 1 is 1.36 bits per heavy atom. The van der Waals surface area contributed by atoms with Gasteiger partial charge in [0.2, 0.25) is 5.91 Å². The lowest BCUT2D eigenvalue weighted by atomic mass is 10.2. The molecule has 0 saturated heterocycles. The predicted molar refractivity (Wildman–Crippen MR) is 101 cm³/mol. The summed E-state index contributed by atoms with van der Waals surface area (Å²) in [4.78, 5) is 11.9. The minimum absolute atomic E-state index is 0.00199. The number of aromatic nitrogens is 3. The first-order valence-electron chi connectivity index (χ1n) is 8.13. The van der Waals surface area contributed by atoms with Gasteiger partial charge in [-0.15, -0.1) is 16.8 Å². The van der Waals surface area contributed by atoms with Crippen LogP contribution in [0.5, 0.6) is 5.75 Å². The average molecular weight is 360 g/mol. The maximum Gasteiger partial charge on any atom is 0.230 e. The molecule has 0 bridgehead atoms. The van der Waals surface area contributed by atoms with Gasteiger partial charge in [-0.05, 0) is 30.2 Å². The molecule has 1 aromatic carbocycles. The van der Waals surface area contributed by atoms with E-state index in [9.17, 15) is 4.79 Å². The molecule has 0 unspecified atom stereocenters. The molecule has 0 saturated carbocycles. The van der Waals surface area contributed by atoms with Crippen molar-refractivity contribution in [1.29, 1.82) is 0 Å². The lowest BCUT2D eigenvalue weighted by Crippen LogP contribution is -2.28. The van der Waals surface area contributed by atoms with Crippen LogP contribution in [0.15, 0.2) is 42.1 Å². The molecule has 1 N–H and O–H groups in total. The van der Waals surface area contributed by atoms with Crippen LogP contribution in [0.3, 0.4) is 0 Å². The van der Waals surface area contributed by atoms with Gasteiger partial charge < -0.3 is 10.1 Å².